The minimum absolute atomic E-state index is 0.0589. The van der Waals surface area contributed by atoms with Gasteiger partial charge in [0.2, 0.25) is 0 Å². The van der Waals surface area contributed by atoms with Gasteiger partial charge >= 0.3 is 19.1 Å². The highest BCUT2D eigenvalue weighted by Crippen LogP contribution is 2.37. The Morgan fingerprint density at radius 1 is 0.969 bits per heavy atom. The number of hydrogen-bond donors (Lipinski definition) is 1. The highest BCUT2D eigenvalue weighted by atomic mass is 16.7. The standard InChI is InChI=1S/C24H38BNO6/c1-14-17(12-26-13-18(27)30-22(4,5)6)15(2)20(16(3)19(14)21(28)29-11)25-31-23(7,8)24(9,10)32-25/h26H,12-13H2,1-11H3. The van der Waals surface area contributed by atoms with Crippen molar-refractivity contribution in [3.05, 3.63) is 27.8 Å². The van der Waals surface area contributed by atoms with Gasteiger partial charge in [-0.2, -0.15) is 0 Å². The lowest BCUT2D eigenvalue weighted by Crippen LogP contribution is -2.41. The monoisotopic (exact) mass is 447 g/mol. The number of carbonyl (C=O) groups is 2. The summed E-state index contributed by atoms with van der Waals surface area (Å²) >= 11 is 0. The SMILES string of the molecule is COC(=O)c1c(C)c(CNCC(=O)OC(C)(C)C)c(C)c(B2OC(C)(C)C(C)(C)O2)c1C. The maximum atomic E-state index is 12.7. The molecule has 0 atom stereocenters. The van der Waals surface area contributed by atoms with Crippen LogP contribution in [0.25, 0.3) is 0 Å². The third-order valence-electron chi connectivity index (χ3n) is 6.33. The second-order valence-corrected chi connectivity index (χ2v) is 10.4. The molecule has 0 unspecified atom stereocenters. The molecule has 1 N–H and O–H groups in total. The molecule has 1 fully saturated rings. The van der Waals surface area contributed by atoms with Gasteiger partial charge in [0, 0.05) is 6.54 Å². The molecule has 178 valence electrons. The van der Waals surface area contributed by atoms with Crippen molar-refractivity contribution < 1.29 is 28.4 Å². The third-order valence-corrected chi connectivity index (χ3v) is 6.33. The van der Waals surface area contributed by atoms with Crippen LogP contribution >= 0.6 is 0 Å². The van der Waals surface area contributed by atoms with E-state index < -0.39 is 29.9 Å². The molecule has 0 bridgehead atoms. The van der Waals surface area contributed by atoms with Gasteiger partial charge in [0.05, 0.1) is 30.4 Å². The van der Waals surface area contributed by atoms with Gasteiger partial charge in [-0.25, -0.2) is 4.79 Å². The van der Waals surface area contributed by atoms with Gasteiger partial charge in [0.15, 0.2) is 0 Å². The molecule has 1 aliphatic rings. The first kappa shape index (κ1) is 26.4. The molecule has 0 radical (unpaired) electrons. The van der Waals surface area contributed by atoms with E-state index in [0.717, 1.165) is 27.7 Å². The van der Waals surface area contributed by atoms with Crippen LogP contribution in [0.15, 0.2) is 0 Å². The zero-order valence-electron chi connectivity index (χ0n) is 21.4. The lowest BCUT2D eigenvalue weighted by Gasteiger charge is -2.32. The highest BCUT2D eigenvalue weighted by molar-refractivity contribution is 6.63. The lowest BCUT2D eigenvalue weighted by atomic mass is 9.70. The first-order valence-electron chi connectivity index (χ1n) is 11.0. The number of nitrogens with one attached hydrogen (secondary N) is 1. The summed E-state index contributed by atoms with van der Waals surface area (Å²) in [5.74, 6) is -0.745. The third kappa shape index (κ3) is 5.35. The van der Waals surface area contributed by atoms with Crippen LogP contribution in [0, 0.1) is 20.8 Å². The van der Waals surface area contributed by atoms with E-state index in [-0.39, 0.29) is 12.5 Å². The average molecular weight is 447 g/mol. The number of carbonyl (C=O) groups excluding carboxylic acids is 2. The summed E-state index contributed by atoms with van der Waals surface area (Å²) in [7, 11) is 0.754. The van der Waals surface area contributed by atoms with E-state index in [1.807, 2.05) is 69.2 Å². The van der Waals surface area contributed by atoms with Crippen molar-refractivity contribution in [1.82, 2.24) is 5.32 Å². The fraction of sp³-hybridized carbons (Fsp3) is 0.667. The number of rotatable bonds is 6. The molecule has 1 aromatic rings. The van der Waals surface area contributed by atoms with Crippen molar-refractivity contribution in [1.29, 1.82) is 0 Å². The minimum atomic E-state index is -0.617. The first-order valence-corrected chi connectivity index (χ1v) is 11.0. The molecule has 0 aromatic heterocycles. The maximum absolute atomic E-state index is 12.7. The molecule has 0 spiro atoms. The van der Waals surface area contributed by atoms with E-state index in [9.17, 15) is 9.59 Å². The number of hydrogen-bond acceptors (Lipinski definition) is 7. The number of methoxy groups -OCH3 is 1. The summed E-state index contributed by atoms with van der Waals surface area (Å²) < 4.78 is 23.1. The highest BCUT2D eigenvalue weighted by Gasteiger charge is 2.53. The molecule has 1 saturated heterocycles. The fourth-order valence-corrected chi connectivity index (χ4v) is 3.95. The second-order valence-electron chi connectivity index (χ2n) is 10.4. The van der Waals surface area contributed by atoms with Crippen LogP contribution in [0.3, 0.4) is 0 Å². The van der Waals surface area contributed by atoms with E-state index in [4.69, 9.17) is 18.8 Å². The predicted octanol–water partition coefficient (Wildman–Crippen LogP) is 3.13. The summed E-state index contributed by atoms with van der Waals surface area (Å²) in [5, 5.41) is 3.15. The van der Waals surface area contributed by atoms with Crippen LogP contribution in [0.2, 0.25) is 0 Å². The summed E-state index contributed by atoms with van der Waals surface area (Å²) in [5.41, 5.74) is 3.21. The van der Waals surface area contributed by atoms with Crippen LogP contribution < -0.4 is 10.8 Å². The topological polar surface area (TPSA) is 83.1 Å². The zero-order valence-corrected chi connectivity index (χ0v) is 21.4. The first-order chi connectivity index (χ1) is 14.5. The van der Waals surface area contributed by atoms with E-state index in [0.29, 0.717) is 12.1 Å². The van der Waals surface area contributed by atoms with Crippen molar-refractivity contribution in [3.63, 3.8) is 0 Å². The number of ether oxygens (including phenoxy) is 2. The van der Waals surface area contributed by atoms with Crippen LogP contribution in [0.1, 0.15) is 81.1 Å². The van der Waals surface area contributed by atoms with Crippen LogP contribution in [0.4, 0.5) is 0 Å². The Labute approximate surface area is 192 Å². The van der Waals surface area contributed by atoms with Crippen LogP contribution in [-0.2, 0) is 30.1 Å². The van der Waals surface area contributed by atoms with Gasteiger partial charge < -0.3 is 24.1 Å². The van der Waals surface area contributed by atoms with Crippen LogP contribution in [-0.4, -0.2) is 49.5 Å². The van der Waals surface area contributed by atoms with Gasteiger partial charge in [0.1, 0.15) is 5.60 Å². The molecular weight excluding hydrogens is 409 g/mol. The molecule has 8 heteroatoms. The summed E-state index contributed by atoms with van der Waals surface area (Å²) in [6.07, 6.45) is 0. The lowest BCUT2D eigenvalue weighted by molar-refractivity contribution is -0.153. The van der Waals surface area contributed by atoms with Crippen LogP contribution in [0.5, 0.6) is 0 Å². The largest absolute Gasteiger partial charge is 0.495 e. The molecule has 0 saturated carbocycles. The Balaban J connectivity index is 2.45. The van der Waals surface area contributed by atoms with Crippen molar-refractivity contribution in [2.45, 2.75) is 92.6 Å². The fourth-order valence-electron chi connectivity index (χ4n) is 3.95. The van der Waals surface area contributed by atoms with Gasteiger partial charge in [-0.15, -0.1) is 0 Å². The molecule has 7 nitrogen and oxygen atoms in total. The number of benzene rings is 1. The number of esters is 2. The van der Waals surface area contributed by atoms with Gasteiger partial charge in [0.25, 0.3) is 0 Å². The Bertz CT molecular complexity index is 885. The maximum Gasteiger partial charge on any atom is 0.495 e. The predicted molar refractivity (Wildman–Crippen MR) is 125 cm³/mol. The Morgan fingerprint density at radius 2 is 1.50 bits per heavy atom. The molecule has 1 aliphatic heterocycles. The van der Waals surface area contributed by atoms with E-state index in [1.165, 1.54) is 7.11 Å². The van der Waals surface area contributed by atoms with Crippen molar-refractivity contribution >= 4 is 24.5 Å². The molecule has 32 heavy (non-hydrogen) atoms. The van der Waals surface area contributed by atoms with E-state index in [2.05, 4.69) is 5.32 Å². The zero-order chi connectivity index (χ0) is 24.6. The van der Waals surface area contributed by atoms with Crippen molar-refractivity contribution in [3.8, 4) is 0 Å². The van der Waals surface area contributed by atoms with Gasteiger partial charge in [-0.3, -0.25) is 4.79 Å². The average Bonchev–Trinajstić information content (AvgIpc) is 2.83. The molecule has 0 aliphatic carbocycles. The van der Waals surface area contributed by atoms with E-state index >= 15 is 0 Å². The molecule has 2 rings (SSSR count). The van der Waals surface area contributed by atoms with Crippen molar-refractivity contribution in [2.75, 3.05) is 13.7 Å². The molecule has 1 heterocycles. The summed E-state index contributed by atoms with van der Waals surface area (Å²) in [4.78, 5) is 24.8. The molecule has 0 amide bonds. The van der Waals surface area contributed by atoms with Gasteiger partial charge in [-0.05, 0) is 97.0 Å². The minimum Gasteiger partial charge on any atom is -0.465 e. The molecular formula is C24H38BNO6. The summed E-state index contributed by atoms with van der Waals surface area (Å²) in [6, 6.07) is 0. The van der Waals surface area contributed by atoms with Crippen molar-refractivity contribution in [2.24, 2.45) is 0 Å². The Morgan fingerprint density at radius 3 is 1.97 bits per heavy atom. The molecule has 1 aromatic carbocycles. The van der Waals surface area contributed by atoms with Gasteiger partial charge in [-0.1, -0.05) is 0 Å². The second kappa shape index (κ2) is 9.16. The normalized spacial score (nSPS) is 17.4. The summed E-state index contributed by atoms with van der Waals surface area (Å²) in [6.45, 7) is 19.7. The Hall–Kier alpha value is -1.90. The smallest absolute Gasteiger partial charge is 0.465 e. The Kier molecular flexibility index (Phi) is 7.54. The quantitative estimate of drug-likeness (QED) is 0.530. The van der Waals surface area contributed by atoms with E-state index in [1.54, 1.807) is 0 Å².